The van der Waals surface area contributed by atoms with E-state index in [1.807, 2.05) is 17.1 Å². The number of likely N-dealkylation sites (tertiary alicyclic amines) is 1. The van der Waals surface area contributed by atoms with Crippen molar-refractivity contribution in [3.63, 3.8) is 0 Å². The molecule has 0 saturated carbocycles. The van der Waals surface area contributed by atoms with Gasteiger partial charge in [-0.3, -0.25) is 9.59 Å². The van der Waals surface area contributed by atoms with Crippen LogP contribution in [0.25, 0.3) is 0 Å². The second kappa shape index (κ2) is 6.80. The van der Waals surface area contributed by atoms with Crippen LogP contribution in [0.3, 0.4) is 0 Å². The molecule has 4 heterocycles. The number of H-pyrrole nitrogens is 1. The third-order valence-electron chi connectivity index (χ3n) is 6.65. The van der Waals surface area contributed by atoms with Gasteiger partial charge in [-0.2, -0.15) is 0 Å². The molecule has 1 aromatic heterocycles. The van der Waals surface area contributed by atoms with Crippen molar-refractivity contribution in [1.29, 1.82) is 0 Å². The number of aryl methyl sites for hydroxylation is 2. The highest BCUT2D eigenvalue weighted by molar-refractivity contribution is 5.93. The average Bonchev–Trinajstić information content (AvgIpc) is 3.47. The third-order valence-corrected chi connectivity index (χ3v) is 6.65. The summed E-state index contributed by atoms with van der Waals surface area (Å²) in [5, 5.41) is 0. The molecule has 1 spiro atoms. The highest BCUT2D eigenvalue weighted by Gasteiger charge is 2.67. The van der Waals surface area contributed by atoms with Gasteiger partial charge in [-0.05, 0) is 25.0 Å². The van der Waals surface area contributed by atoms with Gasteiger partial charge in [0.05, 0.1) is 31.0 Å². The third kappa shape index (κ3) is 2.88. The largest absolute Gasteiger partial charge is 0.360 e. The zero-order chi connectivity index (χ0) is 21.0. The van der Waals surface area contributed by atoms with E-state index in [9.17, 15) is 9.59 Å². The summed E-state index contributed by atoms with van der Waals surface area (Å²) in [4.78, 5) is 37.5. The molecule has 3 aliphatic rings. The molecular formula is C23H26N4O3. The Balaban J connectivity index is 1.38. The van der Waals surface area contributed by atoms with Crippen molar-refractivity contribution in [3.05, 3.63) is 65.3 Å². The first-order valence-electron chi connectivity index (χ1n) is 10.3. The lowest BCUT2D eigenvalue weighted by atomic mass is 9.76. The molecule has 2 unspecified atom stereocenters. The van der Waals surface area contributed by atoms with Crippen LogP contribution in [0.4, 0.5) is 0 Å². The van der Waals surface area contributed by atoms with Gasteiger partial charge in [-0.15, -0.1) is 0 Å². The fourth-order valence-corrected chi connectivity index (χ4v) is 5.11. The zero-order valence-electron chi connectivity index (χ0n) is 17.5. The summed E-state index contributed by atoms with van der Waals surface area (Å²) in [6, 6.07) is 6.29. The normalized spacial score (nSPS) is 29.0. The van der Waals surface area contributed by atoms with Crippen molar-refractivity contribution in [2.45, 2.75) is 38.6 Å². The smallest absolute Gasteiger partial charge is 0.230 e. The molecule has 2 aromatic rings. The molecule has 2 bridgehead atoms. The van der Waals surface area contributed by atoms with E-state index in [1.165, 1.54) is 5.56 Å². The van der Waals surface area contributed by atoms with E-state index >= 15 is 0 Å². The molecule has 1 aromatic carbocycles. The second-order valence-electron chi connectivity index (χ2n) is 8.75. The number of hydrogen-bond acceptors (Lipinski definition) is 4. The first-order valence-corrected chi connectivity index (χ1v) is 10.3. The van der Waals surface area contributed by atoms with E-state index in [4.69, 9.17) is 4.74 Å². The minimum absolute atomic E-state index is 0.00695. The van der Waals surface area contributed by atoms with E-state index in [0.29, 0.717) is 19.6 Å². The highest BCUT2D eigenvalue weighted by Crippen LogP contribution is 2.52. The lowest BCUT2D eigenvalue weighted by molar-refractivity contribution is -0.143. The van der Waals surface area contributed by atoms with Crippen molar-refractivity contribution in [3.8, 4) is 0 Å². The van der Waals surface area contributed by atoms with Crippen molar-refractivity contribution >= 4 is 11.8 Å². The zero-order valence-corrected chi connectivity index (χ0v) is 17.5. The lowest BCUT2D eigenvalue weighted by Crippen LogP contribution is -2.44. The average molecular weight is 406 g/mol. The Morgan fingerprint density at radius 2 is 2.23 bits per heavy atom. The molecule has 4 atom stereocenters. The monoisotopic (exact) mass is 406 g/mol. The molecule has 3 aliphatic heterocycles. The fraction of sp³-hybridized carbons (Fsp3) is 0.435. The molecule has 1 N–H and O–H groups in total. The Labute approximate surface area is 175 Å². The van der Waals surface area contributed by atoms with Gasteiger partial charge < -0.3 is 19.5 Å². The van der Waals surface area contributed by atoms with Crippen LogP contribution in [-0.4, -0.2) is 56.9 Å². The van der Waals surface area contributed by atoms with Crippen molar-refractivity contribution in [1.82, 2.24) is 19.8 Å². The predicted octanol–water partition coefficient (Wildman–Crippen LogP) is 1.97. The molecule has 2 amide bonds. The number of amides is 2. The van der Waals surface area contributed by atoms with Crippen LogP contribution in [0.5, 0.6) is 0 Å². The number of ether oxygens (including phenoxy) is 1. The van der Waals surface area contributed by atoms with Crippen LogP contribution >= 0.6 is 0 Å². The van der Waals surface area contributed by atoms with E-state index in [2.05, 4.69) is 42.0 Å². The molecule has 5 rings (SSSR count). The molecule has 0 radical (unpaired) electrons. The maximum Gasteiger partial charge on any atom is 0.230 e. The molecule has 0 aliphatic carbocycles. The van der Waals surface area contributed by atoms with Crippen molar-refractivity contribution in [2.24, 2.45) is 11.8 Å². The lowest BCUT2D eigenvalue weighted by Gasteiger charge is -2.27. The Hall–Kier alpha value is -2.93. The summed E-state index contributed by atoms with van der Waals surface area (Å²) in [7, 11) is 1.75. The number of aromatic amines is 1. The Kier molecular flexibility index (Phi) is 4.32. The van der Waals surface area contributed by atoms with Gasteiger partial charge in [-0.25, -0.2) is 4.98 Å². The molecule has 7 nitrogen and oxygen atoms in total. The number of nitrogens with one attached hydrogen (secondary N) is 1. The maximum absolute atomic E-state index is 13.4. The SMILES string of the molecule is Cc1ccc(C)c(CN2C[C@]34C=C[C@H](O3)C(C(=O)N(C)Cc3ncc[nH]3)C4C2=O)c1. The summed E-state index contributed by atoms with van der Waals surface area (Å²) in [6.45, 7) is 5.52. The van der Waals surface area contributed by atoms with Gasteiger partial charge in [0, 0.05) is 26.0 Å². The van der Waals surface area contributed by atoms with Crippen LogP contribution in [0.1, 0.15) is 22.5 Å². The number of benzene rings is 1. The van der Waals surface area contributed by atoms with Gasteiger partial charge in [0.25, 0.3) is 0 Å². The van der Waals surface area contributed by atoms with Crippen LogP contribution in [-0.2, 0) is 27.4 Å². The van der Waals surface area contributed by atoms with Crippen LogP contribution in [0.15, 0.2) is 42.7 Å². The quantitative estimate of drug-likeness (QED) is 0.770. The molecule has 2 fully saturated rings. The van der Waals surface area contributed by atoms with Crippen LogP contribution in [0.2, 0.25) is 0 Å². The van der Waals surface area contributed by atoms with E-state index in [-0.39, 0.29) is 17.9 Å². The minimum atomic E-state index is -0.689. The number of aromatic nitrogens is 2. The first-order chi connectivity index (χ1) is 14.4. The summed E-state index contributed by atoms with van der Waals surface area (Å²) < 4.78 is 6.25. The van der Waals surface area contributed by atoms with Crippen LogP contribution < -0.4 is 0 Å². The van der Waals surface area contributed by atoms with E-state index in [0.717, 1.165) is 17.0 Å². The second-order valence-corrected chi connectivity index (χ2v) is 8.75. The minimum Gasteiger partial charge on any atom is -0.360 e. The van der Waals surface area contributed by atoms with Gasteiger partial charge in [0.15, 0.2) is 0 Å². The van der Waals surface area contributed by atoms with Gasteiger partial charge >= 0.3 is 0 Å². The Bertz CT molecular complexity index is 1030. The summed E-state index contributed by atoms with van der Waals surface area (Å²) in [5.74, 6) is -0.313. The number of rotatable bonds is 5. The molecule has 2 saturated heterocycles. The van der Waals surface area contributed by atoms with Gasteiger partial charge in [0.2, 0.25) is 11.8 Å². The standard InChI is InChI=1S/C23H26N4O3/c1-14-4-5-15(2)16(10-14)11-27-13-23-7-6-17(30-23)19(20(23)22(27)29)21(28)26(3)12-18-24-8-9-25-18/h4-10,17,19-20H,11-13H2,1-3H3,(H,24,25)/t17-,19?,20?,23-/m0/s1. The molecule has 156 valence electrons. The molecule has 7 heteroatoms. The number of fused-ring (bicyclic) bond motifs is 1. The number of hydrogen-bond donors (Lipinski definition) is 1. The number of carbonyl (C=O) groups excluding carboxylic acids is 2. The Morgan fingerprint density at radius 1 is 1.40 bits per heavy atom. The molecule has 30 heavy (non-hydrogen) atoms. The molecular weight excluding hydrogens is 380 g/mol. The predicted molar refractivity (Wildman–Crippen MR) is 110 cm³/mol. The number of carbonyl (C=O) groups is 2. The fourth-order valence-electron chi connectivity index (χ4n) is 5.11. The topological polar surface area (TPSA) is 78.5 Å². The van der Waals surface area contributed by atoms with E-state index in [1.54, 1.807) is 24.3 Å². The summed E-state index contributed by atoms with van der Waals surface area (Å²) in [6.07, 6.45) is 7.01. The maximum atomic E-state index is 13.4. The van der Waals surface area contributed by atoms with Crippen LogP contribution in [0, 0.1) is 25.7 Å². The van der Waals surface area contributed by atoms with Crippen molar-refractivity contribution in [2.75, 3.05) is 13.6 Å². The van der Waals surface area contributed by atoms with Crippen molar-refractivity contribution < 1.29 is 14.3 Å². The first kappa shape index (κ1) is 19.1. The van der Waals surface area contributed by atoms with Gasteiger partial charge in [-0.1, -0.05) is 35.9 Å². The summed E-state index contributed by atoms with van der Waals surface area (Å²) in [5.41, 5.74) is 2.78. The Morgan fingerprint density at radius 3 is 3.00 bits per heavy atom. The van der Waals surface area contributed by atoms with Gasteiger partial charge in [0.1, 0.15) is 11.4 Å². The van der Waals surface area contributed by atoms with E-state index < -0.39 is 17.4 Å². The number of nitrogens with zero attached hydrogens (tertiary/aromatic N) is 3. The number of imidazole rings is 1. The highest BCUT2D eigenvalue weighted by atomic mass is 16.5. The summed E-state index contributed by atoms with van der Waals surface area (Å²) >= 11 is 0.